The zero-order valence-corrected chi connectivity index (χ0v) is 10.9. The number of methoxy groups -OCH3 is 1. The van der Waals surface area contributed by atoms with Crippen molar-refractivity contribution in [1.29, 1.82) is 0 Å². The second-order valence-corrected chi connectivity index (χ2v) is 4.25. The first-order chi connectivity index (χ1) is 8.10. The van der Waals surface area contributed by atoms with Crippen LogP contribution in [0, 0.1) is 0 Å². The van der Waals surface area contributed by atoms with Crippen molar-refractivity contribution in [3.63, 3.8) is 0 Å². The number of halogens is 1. The minimum absolute atomic E-state index is 0.125. The molecule has 1 aromatic carbocycles. The molecular formula is C11H14BrNO4. The number of carboxylic acids is 1. The molecule has 0 aliphatic carbocycles. The van der Waals surface area contributed by atoms with E-state index in [9.17, 15) is 4.79 Å². The number of hydrogen-bond acceptors (Lipinski definition) is 4. The maximum Gasteiger partial charge on any atom is 0.325 e. The Morgan fingerprint density at radius 1 is 1.59 bits per heavy atom. The van der Waals surface area contributed by atoms with Crippen molar-refractivity contribution in [1.82, 2.24) is 5.32 Å². The van der Waals surface area contributed by atoms with Crippen LogP contribution in [0.2, 0.25) is 0 Å². The maximum atomic E-state index is 11.2. The molecule has 1 aromatic rings. The summed E-state index contributed by atoms with van der Waals surface area (Å²) < 4.78 is 5.89. The molecule has 6 heteroatoms. The summed E-state index contributed by atoms with van der Waals surface area (Å²) in [6.45, 7) is 0.0761. The van der Waals surface area contributed by atoms with E-state index >= 15 is 0 Å². The van der Waals surface area contributed by atoms with Crippen LogP contribution in [0.15, 0.2) is 22.7 Å². The third-order valence-corrected chi connectivity index (χ3v) is 2.70. The number of benzene rings is 1. The fourth-order valence-electron chi connectivity index (χ4n) is 1.47. The molecule has 0 aromatic heterocycles. The van der Waals surface area contributed by atoms with Gasteiger partial charge in [0.2, 0.25) is 0 Å². The van der Waals surface area contributed by atoms with Gasteiger partial charge in [0.15, 0.2) is 0 Å². The molecule has 5 nitrogen and oxygen atoms in total. The molecule has 0 aliphatic heterocycles. The zero-order chi connectivity index (χ0) is 12.8. The van der Waals surface area contributed by atoms with Gasteiger partial charge < -0.3 is 14.9 Å². The van der Waals surface area contributed by atoms with Gasteiger partial charge in [0.25, 0.3) is 0 Å². The van der Waals surface area contributed by atoms with Gasteiger partial charge in [-0.2, -0.15) is 0 Å². The van der Waals surface area contributed by atoms with Crippen LogP contribution in [0.3, 0.4) is 0 Å². The number of ether oxygens (including phenoxy) is 1. The van der Waals surface area contributed by atoms with Crippen molar-refractivity contribution in [3.8, 4) is 5.75 Å². The van der Waals surface area contributed by atoms with Gasteiger partial charge in [-0.15, -0.1) is 0 Å². The van der Waals surface area contributed by atoms with Gasteiger partial charge >= 0.3 is 5.97 Å². The van der Waals surface area contributed by atoms with E-state index in [0.717, 1.165) is 4.47 Å². The van der Waals surface area contributed by atoms with E-state index < -0.39 is 12.0 Å². The Kier molecular flexibility index (Phi) is 5.40. The van der Waals surface area contributed by atoms with Gasteiger partial charge in [0.1, 0.15) is 11.8 Å². The summed E-state index contributed by atoms with van der Waals surface area (Å²) >= 11 is 3.29. The van der Waals surface area contributed by atoms with Crippen molar-refractivity contribution in [3.05, 3.63) is 28.2 Å². The van der Waals surface area contributed by atoms with Gasteiger partial charge in [-0.1, -0.05) is 15.9 Å². The van der Waals surface area contributed by atoms with Gasteiger partial charge in [-0.25, -0.2) is 0 Å². The second kappa shape index (κ2) is 6.58. The van der Waals surface area contributed by atoms with Crippen LogP contribution in [0.4, 0.5) is 0 Å². The standard InChI is InChI=1S/C11H14BrNO4/c1-17-9-3-2-7(12)6-8(9)10(11(15)16)13-4-5-14/h2-3,6,10,13-14H,4-5H2,1H3,(H,15,16)/t10-/m1/s1. The smallest absolute Gasteiger partial charge is 0.325 e. The second-order valence-electron chi connectivity index (χ2n) is 3.34. The summed E-state index contributed by atoms with van der Waals surface area (Å²) in [5.41, 5.74) is 0.517. The first-order valence-corrected chi connectivity index (χ1v) is 5.80. The number of carbonyl (C=O) groups is 1. The molecule has 0 amide bonds. The predicted octanol–water partition coefficient (Wildman–Crippen LogP) is 1.17. The quantitative estimate of drug-likeness (QED) is 0.735. The Labute approximate surface area is 108 Å². The highest BCUT2D eigenvalue weighted by atomic mass is 79.9. The number of carboxylic acid groups (broad SMARTS) is 1. The van der Waals surface area contributed by atoms with Gasteiger partial charge in [0.05, 0.1) is 13.7 Å². The van der Waals surface area contributed by atoms with E-state index in [0.29, 0.717) is 11.3 Å². The van der Waals surface area contributed by atoms with Crippen LogP contribution < -0.4 is 10.1 Å². The summed E-state index contributed by atoms with van der Waals surface area (Å²) in [5.74, 6) is -0.527. The van der Waals surface area contributed by atoms with Crippen molar-refractivity contribution in [2.45, 2.75) is 6.04 Å². The first kappa shape index (κ1) is 14.0. The molecule has 0 spiro atoms. The monoisotopic (exact) mass is 303 g/mol. The predicted molar refractivity (Wildman–Crippen MR) is 66.2 cm³/mol. The van der Waals surface area contributed by atoms with Crippen LogP contribution in [0.25, 0.3) is 0 Å². The molecule has 17 heavy (non-hydrogen) atoms. The van der Waals surface area contributed by atoms with Crippen LogP contribution in [0.1, 0.15) is 11.6 Å². The van der Waals surface area contributed by atoms with Gasteiger partial charge in [-0.3, -0.25) is 10.1 Å². The fraction of sp³-hybridized carbons (Fsp3) is 0.364. The highest BCUT2D eigenvalue weighted by Gasteiger charge is 2.22. The Balaban J connectivity index is 3.07. The Morgan fingerprint density at radius 3 is 2.82 bits per heavy atom. The van der Waals surface area contributed by atoms with Crippen molar-refractivity contribution >= 4 is 21.9 Å². The highest BCUT2D eigenvalue weighted by molar-refractivity contribution is 9.10. The molecule has 1 atom stereocenters. The van der Waals surface area contributed by atoms with Crippen molar-refractivity contribution < 1.29 is 19.7 Å². The van der Waals surface area contributed by atoms with Crippen molar-refractivity contribution in [2.24, 2.45) is 0 Å². The molecule has 0 heterocycles. The average molecular weight is 304 g/mol. The van der Waals surface area contributed by atoms with Crippen LogP contribution >= 0.6 is 15.9 Å². The van der Waals surface area contributed by atoms with Crippen LogP contribution in [0.5, 0.6) is 5.75 Å². The number of aliphatic hydroxyl groups excluding tert-OH is 1. The SMILES string of the molecule is COc1ccc(Br)cc1[C@@H](NCCO)C(=O)O. The van der Waals surface area contributed by atoms with Gasteiger partial charge in [0, 0.05) is 16.6 Å². The van der Waals surface area contributed by atoms with Crippen LogP contribution in [-0.4, -0.2) is 36.4 Å². The lowest BCUT2D eigenvalue weighted by Gasteiger charge is -2.17. The number of hydrogen-bond donors (Lipinski definition) is 3. The minimum Gasteiger partial charge on any atom is -0.496 e. The van der Waals surface area contributed by atoms with Crippen molar-refractivity contribution in [2.75, 3.05) is 20.3 Å². The lowest BCUT2D eigenvalue weighted by molar-refractivity contribution is -0.139. The number of aliphatic hydroxyl groups is 1. The highest BCUT2D eigenvalue weighted by Crippen LogP contribution is 2.28. The van der Waals surface area contributed by atoms with Gasteiger partial charge in [-0.05, 0) is 18.2 Å². The third kappa shape index (κ3) is 3.69. The van der Waals surface area contributed by atoms with E-state index in [4.69, 9.17) is 14.9 Å². The minimum atomic E-state index is -1.02. The zero-order valence-electron chi connectivity index (χ0n) is 9.31. The van der Waals surface area contributed by atoms with E-state index in [1.54, 1.807) is 18.2 Å². The Morgan fingerprint density at radius 2 is 2.29 bits per heavy atom. The molecule has 1 rings (SSSR count). The Hall–Kier alpha value is -1.11. The van der Waals surface area contributed by atoms with E-state index in [2.05, 4.69) is 21.2 Å². The first-order valence-electron chi connectivity index (χ1n) is 5.00. The molecule has 0 radical (unpaired) electrons. The molecule has 94 valence electrons. The van der Waals surface area contributed by atoms with Crippen LogP contribution in [-0.2, 0) is 4.79 Å². The summed E-state index contributed by atoms with van der Waals surface area (Å²) in [6.07, 6.45) is 0. The fourth-order valence-corrected chi connectivity index (χ4v) is 1.85. The molecule has 0 bridgehead atoms. The molecular weight excluding hydrogens is 290 g/mol. The van der Waals surface area contributed by atoms with E-state index in [1.165, 1.54) is 7.11 Å². The lowest BCUT2D eigenvalue weighted by atomic mass is 10.1. The largest absolute Gasteiger partial charge is 0.496 e. The molecule has 0 saturated carbocycles. The molecule has 0 fully saturated rings. The maximum absolute atomic E-state index is 11.2. The summed E-state index contributed by atoms with van der Waals surface area (Å²) in [4.78, 5) is 11.2. The Bertz CT molecular complexity index is 397. The van der Waals surface area contributed by atoms with E-state index in [-0.39, 0.29) is 13.2 Å². The number of rotatable bonds is 6. The molecule has 0 unspecified atom stereocenters. The third-order valence-electron chi connectivity index (χ3n) is 2.21. The molecule has 3 N–H and O–H groups in total. The number of nitrogens with one attached hydrogen (secondary N) is 1. The van der Waals surface area contributed by atoms with E-state index in [1.807, 2.05) is 0 Å². The number of aliphatic carboxylic acids is 1. The molecule has 0 aliphatic rings. The summed E-state index contributed by atoms with van der Waals surface area (Å²) in [7, 11) is 1.48. The average Bonchev–Trinajstić information content (AvgIpc) is 2.29. The molecule has 0 saturated heterocycles. The normalized spacial score (nSPS) is 12.2. The summed E-state index contributed by atoms with van der Waals surface area (Å²) in [5, 5.41) is 20.6. The summed E-state index contributed by atoms with van der Waals surface area (Å²) in [6, 6.07) is 4.24. The lowest BCUT2D eigenvalue weighted by Crippen LogP contribution is -2.31. The topological polar surface area (TPSA) is 78.8 Å².